The molecule has 1 aliphatic heterocycles. The van der Waals surface area contributed by atoms with Gasteiger partial charge in [-0.25, -0.2) is 0 Å². The highest BCUT2D eigenvalue weighted by Gasteiger charge is 2.12. The van der Waals surface area contributed by atoms with E-state index < -0.39 is 0 Å². The third-order valence-electron chi connectivity index (χ3n) is 1.81. The number of nitrogens with zero attached hydrogens (tertiary/aromatic N) is 1. The van der Waals surface area contributed by atoms with Crippen LogP contribution in [-0.2, 0) is 6.42 Å². The zero-order valence-electron chi connectivity index (χ0n) is 6.26. The summed E-state index contributed by atoms with van der Waals surface area (Å²) >= 11 is 6.78. The van der Waals surface area contributed by atoms with Crippen molar-refractivity contribution >= 4 is 24.0 Å². The van der Waals surface area contributed by atoms with Crippen LogP contribution in [-0.4, -0.2) is 10.7 Å². The van der Waals surface area contributed by atoms with Crippen LogP contribution in [0.15, 0.2) is 11.0 Å². The van der Waals surface area contributed by atoms with Gasteiger partial charge in [0, 0.05) is 16.3 Å². The lowest BCUT2D eigenvalue weighted by atomic mass is 10.2. The first-order chi connectivity index (χ1) is 5.81. The lowest BCUT2D eigenvalue weighted by Crippen LogP contribution is -1.89. The van der Waals surface area contributed by atoms with E-state index in [0.29, 0.717) is 10.2 Å². The fourth-order valence-corrected chi connectivity index (χ4v) is 2.49. The minimum atomic E-state index is 0.568. The van der Waals surface area contributed by atoms with Crippen LogP contribution in [0.1, 0.15) is 11.3 Å². The summed E-state index contributed by atoms with van der Waals surface area (Å²) in [5.41, 5.74) is 1.77. The Kier molecular flexibility index (Phi) is 1.91. The highest BCUT2D eigenvalue weighted by molar-refractivity contribution is 7.99. The van der Waals surface area contributed by atoms with Crippen molar-refractivity contribution in [3.63, 3.8) is 0 Å². The SMILES string of the molecule is N#Cc1cc2c([nH]c1=S)CCS2. The van der Waals surface area contributed by atoms with E-state index in [1.165, 1.54) is 10.6 Å². The van der Waals surface area contributed by atoms with Crippen molar-refractivity contribution in [2.75, 3.05) is 5.75 Å². The maximum absolute atomic E-state index is 8.70. The van der Waals surface area contributed by atoms with Crippen molar-refractivity contribution in [1.29, 1.82) is 5.26 Å². The Hall–Kier alpha value is -0.790. The van der Waals surface area contributed by atoms with Crippen LogP contribution in [0, 0.1) is 16.0 Å². The molecule has 1 aromatic rings. The molecular formula is C8H6N2S2. The first-order valence-electron chi connectivity index (χ1n) is 3.60. The summed E-state index contributed by atoms with van der Waals surface area (Å²) in [6.45, 7) is 0. The Morgan fingerprint density at radius 2 is 2.50 bits per heavy atom. The van der Waals surface area contributed by atoms with Crippen LogP contribution in [0.25, 0.3) is 0 Å². The summed E-state index contributed by atoms with van der Waals surface area (Å²) in [7, 11) is 0. The van der Waals surface area contributed by atoms with Crippen molar-refractivity contribution < 1.29 is 0 Å². The van der Waals surface area contributed by atoms with E-state index in [2.05, 4.69) is 11.1 Å². The van der Waals surface area contributed by atoms with Crippen molar-refractivity contribution in [2.24, 2.45) is 0 Å². The summed E-state index contributed by atoms with van der Waals surface area (Å²) < 4.78 is 0.568. The molecular weight excluding hydrogens is 188 g/mol. The molecule has 0 amide bonds. The first-order valence-corrected chi connectivity index (χ1v) is 5.00. The van der Waals surface area contributed by atoms with Gasteiger partial charge in [0.1, 0.15) is 10.7 Å². The molecule has 0 radical (unpaired) electrons. The standard InChI is InChI=1S/C8H6N2S2/c9-4-5-3-7-6(1-2-12-7)10-8(5)11/h3H,1-2H2,(H,10,11). The molecule has 2 rings (SSSR count). The van der Waals surface area contributed by atoms with E-state index >= 15 is 0 Å². The van der Waals surface area contributed by atoms with Crippen LogP contribution < -0.4 is 0 Å². The molecule has 0 bridgehead atoms. The van der Waals surface area contributed by atoms with Gasteiger partial charge in [0.25, 0.3) is 0 Å². The molecule has 0 spiro atoms. The summed E-state index contributed by atoms with van der Waals surface area (Å²) in [5.74, 6) is 1.09. The second-order valence-electron chi connectivity index (χ2n) is 2.57. The zero-order chi connectivity index (χ0) is 8.55. The molecule has 2 heterocycles. The molecule has 12 heavy (non-hydrogen) atoms. The van der Waals surface area contributed by atoms with Crippen LogP contribution in [0.2, 0.25) is 0 Å². The average Bonchev–Trinajstić information content (AvgIpc) is 2.49. The van der Waals surface area contributed by atoms with Crippen LogP contribution in [0.3, 0.4) is 0 Å². The van der Waals surface area contributed by atoms with E-state index in [1.807, 2.05) is 6.07 Å². The number of nitrogens with one attached hydrogen (secondary N) is 1. The number of nitriles is 1. The minimum absolute atomic E-state index is 0.568. The van der Waals surface area contributed by atoms with Gasteiger partial charge >= 0.3 is 0 Å². The molecule has 1 aromatic heterocycles. The number of H-pyrrole nitrogens is 1. The Labute approximate surface area is 79.6 Å². The zero-order valence-corrected chi connectivity index (χ0v) is 7.89. The fraction of sp³-hybridized carbons (Fsp3) is 0.250. The fourth-order valence-electron chi connectivity index (χ4n) is 1.21. The Balaban J connectivity index is 2.67. The van der Waals surface area contributed by atoms with Crippen LogP contribution in [0.4, 0.5) is 0 Å². The molecule has 0 atom stereocenters. The van der Waals surface area contributed by atoms with Gasteiger partial charge in [-0.2, -0.15) is 5.26 Å². The lowest BCUT2D eigenvalue weighted by Gasteiger charge is -1.97. The van der Waals surface area contributed by atoms with Gasteiger partial charge < -0.3 is 4.98 Å². The Bertz CT molecular complexity index is 414. The summed E-state index contributed by atoms with van der Waals surface area (Å²) in [4.78, 5) is 4.26. The van der Waals surface area contributed by atoms with Gasteiger partial charge in [0.05, 0.1) is 5.56 Å². The molecule has 0 unspecified atom stereocenters. The first kappa shape index (κ1) is 7.84. The number of hydrogen-bond donors (Lipinski definition) is 1. The van der Waals surface area contributed by atoms with E-state index in [9.17, 15) is 0 Å². The molecule has 0 saturated heterocycles. The van der Waals surface area contributed by atoms with E-state index in [1.54, 1.807) is 11.8 Å². The third-order valence-corrected chi connectivity index (χ3v) is 3.22. The molecule has 0 saturated carbocycles. The van der Waals surface area contributed by atoms with Gasteiger partial charge in [-0.05, 0) is 12.5 Å². The number of pyridine rings is 1. The molecule has 60 valence electrons. The third kappa shape index (κ3) is 1.15. The topological polar surface area (TPSA) is 39.6 Å². The van der Waals surface area contributed by atoms with Crippen molar-refractivity contribution in [3.05, 3.63) is 22.0 Å². The van der Waals surface area contributed by atoms with Crippen LogP contribution in [0.5, 0.6) is 0 Å². The number of hydrogen-bond acceptors (Lipinski definition) is 3. The molecule has 1 aliphatic rings. The molecule has 4 heteroatoms. The van der Waals surface area contributed by atoms with Gasteiger partial charge in [0.15, 0.2) is 0 Å². The monoisotopic (exact) mass is 194 g/mol. The van der Waals surface area contributed by atoms with Gasteiger partial charge in [0.2, 0.25) is 0 Å². The quantitative estimate of drug-likeness (QED) is 0.644. The van der Waals surface area contributed by atoms with Crippen molar-refractivity contribution in [3.8, 4) is 6.07 Å². The number of aryl methyl sites for hydroxylation is 1. The van der Waals surface area contributed by atoms with Gasteiger partial charge in [-0.3, -0.25) is 0 Å². The maximum Gasteiger partial charge on any atom is 0.121 e. The largest absolute Gasteiger partial charge is 0.348 e. The van der Waals surface area contributed by atoms with Crippen molar-refractivity contribution in [2.45, 2.75) is 11.3 Å². The Morgan fingerprint density at radius 1 is 1.67 bits per heavy atom. The van der Waals surface area contributed by atoms with Gasteiger partial charge in [-0.1, -0.05) is 12.2 Å². The van der Waals surface area contributed by atoms with Crippen LogP contribution >= 0.6 is 24.0 Å². The molecule has 0 fully saturated rings. The minimum Gasteiger partial charge on any atom is -0.348 e. The highest BCUT2D eigenvalue weighted by Crippen LogP contribution is 2.30. The number of thioether (sulfide) groups is 1. The molecule has 2 nitrogen and oxygen atoms in total. The summed E-state index contributed by atoms with van der Waals surface area (Å²) in [6, 6.07) is 3.96. The summed E-state index contributed by atoms with van der Waals surface area (Å²) in [6.07, 6.45) is 1.04. The van der Waals surface area contributed by atoms with E-state index in [4.69, 9.17) is 17.5 Å². The number of rotatable bonds is 0. The predicted molar refractivity (Wildman–Crippen MR) is 50.8 cm³/mol. The molecule has 1 N–H and O–H groups in total. The normalized spacial score (nSPS) is 13.9. The number of aromatic amines is 1. The molecule has 0 aliphatic carbocycles. The van der Waals surface area contributed by atoms with Gasteiger partial charge in [-0.15, -0.1) is 11.8 Å². The summed E-state index contributed by atoms with van der Waals surface area (Å²) in [5, 5.41) is 8.70. The molecule has 0 aromatic carbocycles. The number of fused-ring (bicyclic) bond motifs is 1. The van der Waals surface area contributed by atoms with E-state index in [-0.39, 0.29) is 0 Å². The predicted octanol–water partition coefficient (Wildman–Crippen LogP) is 2.26. The van der Waals surface area contributed by atoms with Crippen molar-refractivity contribution in [1.82, 2.24) is 4.98 Å². The second kappa shape index (κ2) is 2.92. The smallest absolute Gasteiger partial charge is 0.121 e. The Morgan fingerprint density at radius 3 is 3.25 bits per heavy atom. The lowest BCUT2D eigenvalue weighted by molar-refractivity contribution is 1.01. The second-order valence-corrected chi connectivity index (χ2v) is 4.11. The highest BCUT2D eigenvalue weighted by atomic mass is 32.2. The number of aromatic nitrogens is 1. The average molecular weight is 194 g/mol. The maximum atomic E-state index is 8.70. The van der Waals surface area contributed by atoms with E-state index in [0.717, 1.165) is 12.2 Å².